The smallest absolute Gasteiger partial charge is 0.124 e. The highest BCUT2D eigenvalue weighted by molar-refractivity contribution is 5.44. The minimum atomic E-state index is 0.567. The Balaban J connectivity index is 1.62. The lowest BCUT2D eigenvalue weighted by atomic mass is 9.48. The highest BCUT2D eigenvalue weighted by Gasteiger charge is 2.51. The Labute approximate surface area is 128 Å². The summed E-state index contributed by atoms with van der Waals surface area (Å²) in [7, 11) is 2.00. The molecule has 116 valence electrons. The quantitative estimate of drug-likeness (QED) is 0.917. The second-order valence-corrected chi connectivity index (χ2v) is 8.28. The van der Waals surface area contributed by atoms with Crippen molar-refractivity contribution in [3.63, 3.8) is 0 Å². The zero-order valence-corrected chi connectivity index (χ0v) is 13.6. The van der Waals surface area contributed by atoms with Crippen LogP contribution in [0.2, 0.25) is 0 Å². The van der Waals surface area contributed by atoms with Crippen molar-refractivity contribution in [2.75, 3.05) is 5.73 Å². The number of hydrogen-bond acceptors (Lipinski definition) is 2. The molecule has 3 heteroatoms. The molecule has 0 radical (unpaired) electrons. The summed E-state index contributed by atoms with van der Waals surface area (Å²) >= 11 is 0. The minimum absolute atomic E-state index is 0.567. The highest BCUT2D eigenvalue weighted by atomic mass is 15.3. The lowest BCUT2D eigenvalue weighted by Gasteiger charge is -2.57. The average Bonchev–Trinajstić information content (AvgIpc) is 2.64. The zero-order valence-electron chi connectivity index (χ0n) is 13.6. The molecule has 4 fully saturated rings. The van der Waals surface area contributed by atoms with Gasteiger partial charge >= 0.3 is 0 Å². The maximum Gasteiger partial charge on any atom is 0.124 e. The summed E-state index contributed by atoms with van der Waals surface area (Å²) in [5.41, 5.74) is 9.49. The minimum Gasteiger partial charge on any atom is -0.384 e. The van der Waals surface area contributed by atoms with Crippen molar-refractivity contribution in [3.05, 3.63) is 11.3 Å². The van der Waals surface area contributed by atoms with E-state index in [-0.39, 0.29) is 0 Å². The van der Waals surface area contributed by atoms with Crippen molar-refractivity contribution < 1.29 is 0 Å². The molecule has 2 N–H and O–H groups in total. The third-order valence-electron chi connectivity index (χ3n) is 6.48. The van der Waals surface area contributed by atoms with E-state index in [1.165, 1.54) is 56.2 Å². The molecule has 1 aromatic rings. The van der Waals surface area contributed by atoms with Crippen molar-refractivity contribution in [2.24, 2.45) is 30.2 Å². The van der Waals surface area contributed by atoms with Gasteiger partial charge in [0.1, 0.15) is 5.82 Å². The summed E-state index contributed by atoms with van der Waals surface area (Å²) in [5.74, 6) is 3.96. The first kappa shape index (κ1) is 13.7. The number of nitrogens with two attached hydrogens (primary N) is 1. The normalized spacial score (nSPS) is 37.3. The fraction of sp³-hybridized carbons (Fsp3) is 0.833. The lowest BCUT2D eigenvalue weighted by Crippen LogP contribution is -2.47. The van der Waals surface area contributed by atoms with Crippen LogP contribution in [-0.2, 0) is 19.9 Å². The van der Waals surface area contributed by atoms with Crippen molar-refractivity contribution in [1.29, 1.82) is 0 Å². The first-order chi connectivity index (χ1) is 10.1. The SMILES string of the molecule is CCCc1c(CC23CC4CC(CC(C4)C2)C3)nn(C)c1N. The van der Waals surface area contributed by atoms with E-state index < -0.39 is 0 Å². The van der Waals surface area contributed by atoms with Crippen LogP contribution in [0.25, 0.3) is 0 Å². The summed E-state index contributed by atoms with van der Waals surface area (Å²) < 4.78 is 1.90. The van der Waals surface area contributed by atoms with Crippen LogP contribution in [0.3, 0.4) is 0 Å². The molecule has 0 aromatic carbocycles. The summed E-state index contributed by atoms with van der Waals surface area (Å²) in [6.07, 6.45) is 12.4. The second kappa shape index (κ2) is 4.76. The van der Waals surface area contributed by atoms with Crippen LogP contribution in [0.5, 0.6) is 0 Å². The molecule has 5 rings (SSSR count). The number of nitrogen functional groups attached to an aromatic ring is 1. The fourth-order valence-electron chi connectivity index (χ4n) is 6.16. The van der Waals surface area contributed by atoms with Crippen LogP contribution >= 0.6 is 0 Å². The van der Waals surface area contributed by atoms with E-state index in [1.54, 1.807) is 0 Å². The number of rotatable bonds is 4. The van der Waals surface area contributed by atoms with Gasteiger partial charge in [0, 0.05) is 12.6 Å². The van der Waals surface area contributed by atoms with Crippen LogP contribution in [0.1, 0.15) is 63.1 Å². The van der Waals surface area contributed by atoms with Crippen molar-refractivity contribution in [3.8, 4) is 0 Å². The third-order valence-corrected chi connectivity index (χ3v) is 6.48. The average molecular weight is 287 g/mol. The zero-order chi connectivity index (χ0) is 14.6. The summed E-state index contributed by atoms with van der Waals surface area (Å²) in [6, 6.07) is 0. The van der Waals surface area contributed by atoms with Gasteiger partial charge in [0.15, 0.2) is 0 Å². The van der Waals surface area contributed by atoms with Gasteiger partial charge in [-0.15, -0.1) is 0 Å². The van der Waals surface area contributed by atoms with Gasteiger partial charge in [-0.05, 0) is 74.5 Å². The summed E-state index contributed by atoms with van der Waals surface area (Å²) in [4.78, 5) is 0. The van der Waals surface area contributed by atoms with Gasteiger partial charge in [-0.1, -0.05) is 13.3 Å². The first-order valence-electron chi connectivity index (χ1n) is 8.89. The predicted molar refractivity (Wildman–Crippen MR) is 85.9 cm³/mol. The Morgan fingerprint density at radius 3 is 2.24 bits per heavy atom. The monoisotopic (exact) mass is 287 g/mol. The van der Waals surface area contributed by atoms with E-state index in [9.17, 15) is 0 Å². The van der Waals surface area contributed by atoms with E-state index >= 15 is 0 Å². The Morgan fingerprint density at radius 1 is 1.14 bits per heavy atom. The van der Waals surface area contributed by atoms with Crippen LogP contribution < -0.4 is 5.73 Å². The molecule has 4 bridgehead atoms. The van der Waals surface area contributed by atoms with Crippen molar-refractivity contribution in [1.82, 2.24) is 9.78 Å². The Morgan fingerprint density at radius 2 is 1.71 bits per heavy atom. The van der Waals surface area contributed by atoms with Crippen molar-refractivity contribution >= 4 is 5.82 Å². The maximum atomic E-state index is 6.26. The van der Waals surface area contributed by atoms with Gasteiger partial charge in [0.2, 0.25) is 0 Å². The molecule has 0 spiro atoms. The Hall–Kier alpha value is -0.990. The van der Waals surface area contributed by atoms with Gasteiger partial charge in [-0.3, -0.25) is 4.68 Å². The molecule has 4 aliphatic carbocycles. The first-order valence-corrected chi connectivity index (χ1v) is 8.89. The Bertz CT molecular complexity index is 508. The second-order valence-electron chi connectivity index (χ2n) is 8.28. The maximum absolute atomic E-state index is 6.26. The third kappa shape index (κ3) is 2.20. The molecule has 0 amide bonds. The molecule has 21 heavy (non-hydrogen) atoms. The van der Waals surface area contributed by atoms with Gasteiger partial charge in [0.25, 0.3) is 0 Å². The number of aryl methyl sites for hydroxylation is 1. The van der Waals surface area contributed by atoms with Crippen LogP contribution in [0.4, 0.5) is 5.82 Å². The predicted octanol–water partition coefficient (Wildman–Crippen LogP) is 3.71. The molecule has 4 aliphatic rings. The van der Waals surface area contributed by atoms with Gasteiger partial charge in [-0.2, -0.15) is 5.10 Å². The molecule has 0 aliphatic heterocycles. The molecular weight excluding hydrogens is 258 g/mol. The number of hydrogen-bond donors (Lipinski definition) is 1. The Kier molecular flexibility index (Phi) is 3.09. The van der Waals surface area contributed by atoms with E-state index in [0.717, 1.165) is 36.4 Å². The fourth-order valence-corrected chi connectivity index (χ4v) is 6.16. The molecule has 4 saturated carbocycles. The van der Waals surface area contributed by atoms with E-state index in [2.05, 4.69) is 6.92 Å². The molecule has 0 unspecified atom stereocenters. The summed E-state index contributed by atoms with van der Waals surface area (Å²) in [6.45, 7) is 2.24. The van der Waals surface area contributed by atoms with E-state index in [4.69, 9.17) is 10.8 Å². The molecular formula is C18H29N3. The molecule has 1 aromatic heterocycles. The largest absolute Gasteiger partial charge is 0.384 e. The molecule has 1 heterocycles. The molecule has 0 atom stereocenters. The number of aromatic nitrogens is 2. The topological polar surface area (TPSA) is 43.8 Å². The van der Waals surface area contributed by atoms with Crippen LogP contribution in [0.15, 0.2) is 0 Å². The molecule has 3 nitrogen and oxygen atoms in total. The van der Waals surface area contributed by atoms with Crippen LogP contribution in [-0.4, -0.2) is 9.78 Å². The van der Waals surface area contributed by atoms with Gasteiger partial charge < -0.3 is 5.73 Å². The lowest BCUT2D eigenvalue weighted by molar-refractivity contribution is -0.0527. The van der Waals surface area contributed by atoms with Crippen LogP contribution in [0, 0.1) is 23.2 Å². The van der Waals surface area contributed by atoms with E-state index in [1.807, 2.05) is 11.7 Å². The van der Waals surface area contributed by atoms with E-state index in [0.29, 0.717) is 5.41 Å². The molecule has 0 saturated heterocycles. The van der Waals surface area contributed by atoms with Crippen molar-refractivity contribution in [2.45, 2.75) is 64.7 Å². The standard InChI is InChI=1S/C18H29N3/c1-3-4-15-16(20-21(2)17(15)19)11-18-8-12-5-13(9-18)7-14(6-12)10-18/h12-14H,3-11,19H2,1-2H3. The van der Waals surface area contributed by atoms with Gasteiger partial charge in [-0.25, -0.2) is 0 Å². The number of anilines is 1. The summed E-state index contributed by atoms with van der Waals surface area (Å²) in [5, 5.41) is 4.80. The van der Waals surface area contributed by atoms with Gasteiger partial charge in [0.05, 0.1) is 5.69 Å². The number of nitrogens with zero attached hydrogens (tertiary/aromatic N) is 2. The highest BCUT2D eigenvalue weighted by Crippen LogP contribution is 2.61.